The Morgan fingerprint density at radius 2 is 2.00 bits per heavy atom. The van der Waals surface area contributed by atoms with E-state index >= 15 is 0 Å². The van der Waals surface area contributed by atoms with Crippen molar-refractivity contribution in [3.63, 3.8) is 0 Å². The van der Waals surface area contributed by atoms with Gasteiger partial charge in [0.05, 0.1) is 25.3 Å². The van der Waals surface area contributed by atoms with Crippen molar-refractivity contribution in [1.29, 1.82) is 0 Å². The van der Waals surface area contributed by atoms with Crippen molar-refractivity contribution < 1.29 is 14.3 Å². The number of ether oxygens (including phenoxy) is 2. The van der Waals surface area contributed by atoms with Gasteiger partial charge in [-0.15, -0.1) is 0 Å². The molecule has 2 atom stereocenters. The number of hydrogen-bond acceptors (Lipinski definition) is 4. The molecule has 1 saturated heterocycles. The Kier molecular flexibility index (Phi) is 6.71. The molecular weight excluding hydrogens is 292 g/mol. The summed E-state index contributed by atoms with van der Waals surface area (Å²) in [5.74, 6) is 1.54. The van der Waals surface area contributed by atoms with E-state index in [0.717, 1.165) is 42.9 Å². The Balaban J connectivity index is 2.04. The predicted molar refractivity (Wildman–Crippen MR) is 91.0 cm³/mol. The van der Waals surface area contributed by atoms with Gasteiger partial charge in [0, 0.05) is 0 Å². The lowest BCUT2D eigenvalue weighted by Crippen LogP contribution is -2.47. The fraction of sp³-hybridized carbons (Fsp3) is 0.611. The van der Waals surface area contributed by atoms with Gasteiger partial charge in [-0.2, -0.15) is 0 Å². The molecule has 5 heteroatoms. The lowest BCUT2D eigenvalue weighted by atomic mass is 10.0. The zero-order valence-corrected chi connectivity index (χ0v) is 14.4. The molecule has 0 aromatic heterocycles. The maximum Gasteiger partial charge on any atom is 0.237 e. The third-order valence-corrected chi connectivity index (χ3v) is 4.05. The van der Waals surface area contributed by atoms with Crippen molar-refractivity contribution in [2.24, 2.45) is 0 Å². The van der Waals surface area contributed by atoms with E-state index in [1.165, 1.54) is 0 Å². The van der Waals surface area contributed by atoms with Crippen LogP contribution in [0, 0.1) is 0 Å². The van der Waals surface area contributed by atoms with Gasteiger partial charge in [-0.25, -0.2) is 0 Å². The average Bonchev–Trinajstić information content (AvgIpc) is 2.57. The Labute approximate surface area is 138 Å². The quantitative estimate of drug-likeness (QED) is 0.811. The molecule has 1 aliphatic heterocycles. The highest BCUT2D eigenvalue weighted by Crippen LogP contribution is 2.30. The molecular formula is C18H28N2O3. The number of amides is 1. The number of nitrogens with one attached hydrogen (secondary N) is 2. The Bertz CT molecular complexity index is 513. The van der Waals surface area contributed by atoms with Crippen LogP contribution in [0.1, 0.15) is 51.6 Å². The van der Waals surface area contributed by atoms with Gasteiger partial charge in [-0.3, -0.25) is 4.79 Å². The molecule has 2 rings (SSSR count). The summed E-state index contributed by atoms with van der Waals surface area (Å²) in [6.07, 6.45) is 3.17. The standard InChI is InChI=1S/C18H28N2O3/c1-4-22-16-10-9-14(12-17(16)23-5-2)13(3)20-18(21)15-8-6-7-11-19-15/h9-10,12-13,15,19H,4-8,11H2,1-3H3,(H,20,21). The van der Waals surface area contributed by atoms with Gasteiger partial charge in [0.2, 0.25) is 5.91 Å². The van der Waals surface area contributed by atoms with Crippen LogP contribution in [0.4, 0.5) is 0 Å². The molecule has 1 aromatic rings. The Hall–Kier alpha value is -1.75. The largest absolute Gasteiger partial charge is 0.490 e. The van der Waals surface area contributed by atoms with Crippen molar-refractivity contribution in [1.82, 2.24) is 10.6 Å². The number of carbonyl (C=O) groups excluding carboxylic acids is 1. The van der Waals surface area contributed by atoms with Crippen molar-refractivity contribution >= 4 is 5.91 Å². The molecule has 2 N–H and O–H groups in total. The number of piperidine rings is 1. The second-order valence-corrected chi connectivity index (χ2v) is 5.80. The zero-order valence-electron chi connectivity index (χ0n) is 14.4. The summed E-state index contributed by atoms with van der Waals surface area (Å²) >= 11 is 0. The maximum absolute atomic E-state index is 12.3. The third kappa shape index (κ3) is 4.86. The molecule has 1 aromatic carbocycles. The Morgan fingerprint density at radius 1 is 1.26 bits per heavy atom. The molecule has 1 heterocycles. The molecule has 0 saturated carbocycles. The van der Waals surface area contributed by atoms with Crippen molar-refractivity contribution in [3.8, 4) is 11.5 Å². The highest BCUT2D eigenvalue weighted by atomic mass is 16.5. The summed E-state index contributed by atoms with van der Waals surface area (Å²) in [6.45, 7) is 7.98. The smallest absolute Gasteiger partial charge is 0.237 e. The van der Waals surface area contributed by atoms with Gasteiger partial charge in [0.1, 0.15) is 0 Å². The molecule has 0 spiro atoms. The average molecular weight is 320 g/mol. The van der Waals surface area contributed by atoms with E-state index < -0.39 is 0 Å². The van der Waals surface area contributed by atoms with Crippen LogP contribution in [0.25, 0.3) is 0 Å². The highest BCUT2D eigenvalue weighted by molar-refractivity contribution is 5.82. The Morgan fingerprint density at radius 3 is 2.65 bits per heavy atom. The van der Waals surface area contributed by atoms with E-state index in [1.54, 1.807) is 0 Å². The van der Waals surface area contributed by atoms with E-state index in [-0.39, 0.29) is 18.0 Å². The SMILES string of the molecule is CCOc1ccc(C(C)NC(=O)C2CCCCN2)cc1OCC. The first-order valence-corrected chi connectivity index (χ1v) is 8.59. The highest BCUT2D eigenvalue weighted by Gasteiger charge is 2.22. The molecule has 1 amide bonds. The van der Waals surface area contributed by atoms with Crippen LogP contribution in [-0.2, 0) is 4.79 Å². The van der Waals surface area contributed by atoms with Crippen LogP contribution >= 0.6 is 0 Å². The molecule has 128 valence electrons. The van der Waals surface area contributed by atoms with Crippen LogP contribution in [0.15, 0.2) is 18.2 Å². The molecule has 1 aliphatic rings. The third-order valence-electron chi connectivity index (χ3n) is 4.05. The molecule has 23 heavy (non-hydrogen) atoms. The topological polar surface area (TPSA) is 59.6 Å². The molecule has 0 bridgehead atoms. The van der Waals surface area contributed by atoms with E-state index in [1.807, 2.05) is 39.0 Å². The predicted octanol–water partition coefficient (Wildman–Crippen LogP) is 2.80. The molecule has 0 aliphatic carbocycles. The number of hydrogen-bond donors (Lipinski definition) is 2. The summed E-state index contributed by atoms with van der Waals surface area (Å²) in [6, 6.07) is 5.70. The monoisotopic (exact) mass is 320 g/mol. The summed E-state index contributed by atoms with van der Waals surface area (Å²) < 4.78 is 11.2. The van der Waals surface area contributed by atoms with Crippen LogP contribution < -0.4 is 20.1 Å². The van der Waals surface area contributed by atoms with E-state index in [2.05, 4.69) is 10.6 Å². The fourth-order valence-electron chi connectivity index (χ4n) is 2.81. The lowest BCUT2D eigenvalue weighted by Gasteiger charge is -2.25. The molecule has 1 fully saturated rings. The number of rotatable bonds is 7. The second-order valence-electron chi connectivity index (χ2n) is 5.80. The van der Waals surface area contributed by atoms with Gasteiger partial charge in [-0.05, 0) is 57.9 Å². The summed E-state index contributed by atoms with van der Waals surface area (Å²) in [5, 5.41) is 6.37. The minimum absolute atomic E-state index is 0.0684. The normalized spacial score (nSPS) is 19.0. The fourth-order valence-corrected chi connectivity index (χ4v) is 2.81. The lowest BCUT2D eigenvalue weighted by molar-refractivity contribution is -0.124. The zero-order chi connectivity index (χ0) is 16.7. The van der Waals surface area contributed by atoms with Gasteiger partial charge in [-0.1, -0.05) is 12.5 Å². The second kappa shape index (κ2) is 8.77. The minimum Gasteiger partial charge on any atom is -0.490 e. The maximum atomic E-state index is 12.3. The molecule has 0 radical (unpaired) electrons. The first-order valence-electron chi connectivity index (χ1n) is 8.59. The molecule has 5 nitrogen and oxygen atoms in total. The van der Waals surface area contributed by atoms with Crippen molar-refractivity contribution in [3.05, 3.63) is 23.8 Å². The van der Waals surface area contributed by atoms with E-state index in [9.17, 15) is 4.79 Å². The van der Waals surface area contributed by atoms with E-state index in [0.29, 0.717) is 13.2 Å². The van der Waals surface area contributed by atoms with Crippen molar-refractivity contribution in [2.75, 3.05) is 19.8 Å². The summed E-state index contributed by atoms with van der Waals surface area (Å²) in [4.78, 5) is 12.3. The summed E-state index contributed by atoms with van der Waals surface area (Å²) in [7, 11) is 0. The first-order chi connectivity index (χ1) is 11.2. The van der Waals surface area contributed by atoms with Gasteiger partial charge in [0.25, 0.3) is 0 Å². The van der Waals surface area contributed by atoms with Crippen LogP contribution in [0.2, 0.25) is 0 Å². The van der Waals surface area contributed by atoms with Crippen LogP contribution in [0.3, 0.4) is 0 Å². The number of carbonyl (C=O) groups is 1. The van der Waals surface area contributed by atoms with Gasteiger partial charge in [0.15, 0.2) is 11.5 Å². The summed E-state index contributed by atoms with van der Waals surface area (Å²) in [5.41, 5.74) is 1.01. The van der Waals surface area contributed by atoms with Crippen molar-refractivity contribution in [2.45, 2.75) is 52.1 Å². The number of benzene rings is 1. The van der Waals surface area contributed by atoms with E-state index in [4.69, 9.17) is 9.47 Å². The van der Waals surface area contributed by atoms with Crippen LogP contribution in [-0.4, -0.2) is 31.7 Å². The van der Waals surface area contributed by atoms with Crippen LogP contribution in [0.5, 0.6) is 11.5 Å². The van der Waals surface area contributed by atoms with Gasteiger partial charge < -0.3 is 20.1 Å². The van der Waals surface area contributed by atoms with Gasteiger partial charge >= 0.3 is 0 Å². The molecule has 2 unspecified atom stereocenters. The minimum atomic E-state index is -0.0692. The first kappa shape index (κ1) is 17.6.